The average molecular weight is 242 g/mol. The number of rotatable bonds is 8. The second-order valence-electron chi connectivity index (χ2n) is 3.24. The third-order valence-corrected chi connectivity index (χ3v) is 3.03. The van der Waals surface area contributed by atoms with Gasteiger partial charge < -0.3 is 14.6 Å². The predicted molar refractivity (Wildman–Crippen MR) is 67.1 cm³/mol. The zero-order valence-corrected chi connectivity index (χ0v) is 10.3. The Morgan fingerprint density at radius 3 is 2.56 bits per heavy atom. The molecule has 0 heterocycles. The lowest BCUT2D eigenvalue weighted by Crippen LogP contribution is -2.02. The minimum atomic E-state index is 0.100. The van der Waals surface area contributed by atoms with E-state index in [1.807, 2.05) is 23.9 Å². The molecule has 0 atom stereocenters. The highest BCUT2D eigenvalue weighted by atomic mass is 32.2. The molecule has 0 bridgehead atoms. The second-order valence-corrected chi connectivity index (χ2v) is 4.34. The maximum absolute atomic E-state index is 8.51. The van der Waals surface area contributed by atoms with E-state index in [1.54, 1.807) is 7.11 Å². The molecule has 0 radical (unpaired) electrons. The van der Waals surface area contributed by atoms with Crippen LogP contribution in [0.15, 0.2) is 24.3 Å². The molecule has 1 aromatic rings. The summed E-state index contributed by atoms with van der Waals surface area (Å²) in [4.78, 5) is 0. The Hall–Kier alpha value is -0.710. The van der Waals surface area contributed by atoms with E-state index in [-0.39, 0.29) is 6.61 Å². The lowest BCUT2D eigenvalue weighted by molar-refractivity contribution is 0.103. The molecule has 3 nitrogen and oxygen atoms in total. The number of methoxy groups -OCH3 is 1. The van der Waals surface area contributed by atoms with Crippen molar-refractivity contribution in [3.63, 3.8) is 0 Å². The van der Waals surface area contributed by atoms with Crippen molar-refractivity contribution in [2.75, 3.05) is 32.7 Å². The quantitative estimate of drug-likeness (QED) is 0.707. The molecular weight excluding hydrogens is 224 g/mol. The van der Waals surface area contributed by atoms with Gasteiger partial charge in [-0.15, -0.1) is 0 Å². The van der Waals surface area contributed by atoms with E-state index in [1.165, 1.54) is 5.56 Å². The van der Waals surface area contributed by atoms with E-state index >= 15 is 0 Å². The van der Waals surface area contributed by atoms with E-state index in [4.69, 9.17) is 14.6 Å². The minimum absolute atomic E-state index is 0.100. The first-order chi connectivity index (χ1) is 7.86. The van der Waals surface area contributed by atoms with Crippen LogP contribution in [0.3, 0.4) is 0 Å². The van der Waals surface area contributed by atoms with Gasteiger partial charge in [0.15, 0.2) is 0 Å². The molecule has 0 saturated carbocycles. The molecule has 16 heavy (non-hydrogen) atoms. The van der Waals surface area contributed by atoms with E-state index in [9.17, 15) is 0 Å². The number of benzene rings is 1. The largest absolute Gasteiger partial charge is 0.497 e. The topological polar surface area (TPSA) is 38.7 Å². The second kappa shape index (κ2) is 8.44. The Bertz CT molecular complexity index is 274. The van der Waals surface area contributed by atoms with Crippen LogP contribution in [0.1, 0.15) is 5.56 Å². The van der Waals surface area contributed by atoms with Crippen LogP contribution < -0.4 is 4.74 Å². The zero-order valence-electron chi connectivity index (χ0n) is 9.52. The molecule has 4 heteroatoms. The van der Waals surface area contributed by atoms with Crippen LogP contribution in [-0.2, 0) is 10.5 Å². The van der Waals surface area contributed by atoms with Gasteiger partial charge in [0.25, 0.3) is 0 Å². The van der Waals surface area contributed by atoms with Crippen molar-refractivity contribution >= 4 is 11.8 Å². The number of thioether (sulfide) groups is 1. The van der Waals surface area contributed by atoms with E-state index < -0.39 is 0 Å². The summed E-state index contributed by atoms with van der Waals surface area (Å²) < 4.78 is 10.3. The summed E-state index contributed by atoms with van der Waals surface area (Å²) in [6.07, 6.45) is 0. The first-order valence-electron chi connectivity index (χ1n) is 5.26. The first kappa shape index (κ1) is 13.4. The summed E-state index contributed by atoms with van der Waals surface area (Å²) in [6, 6.07) is 8.08. The van der Waals surface area contributed by atoms with Crippen molar-refractivity contribution in [3.8, 4) is 5.75 Å². The molecule has 0 aliphatic carbocycles. The van der Waals surface area contributed by atoms with Crippen LogP contribution in [0.4, 0.5) is 0 Å². The van der Waals surface area contributed by atoms with Crippen molar-refractivity contribution in [3.05, 3.63) is 29.8 Å². The molecule has 0 aromatic heterocycles. The molecule has 0 fully saturated rings. The molecule has 0 spiro atoms. The highest BCUT2D eigenvalue weighted by Crippen LogP contribution is 2.16. The fraction of sp³-hybridized carbons (Fsp3) is 0.500. The summed E-state index contributed by atoms with van der Waals surface area (Å²) in [5, 5.41) is 8.51. The maximum Gasteiger partial charge on any atom is 0.118 e. The summed E-state index contributed by atoms with van der Waals surface area (Å²) in [5.74, 6) is 2.82. The maximum atomic E-state index is 8.51. The first-order valence-corrected chi connectivity index (χ1v) is 6.41. The summed E-state index contributed by atoms with van der Waals surface area (Å²) >= 11 is 1.82. The predicted octanol–water partition coefficient (Wildman–Crippen LogP) is 1.94. The van der Waals surface area contributed by atoms with Crippen LogP contribution in [0.2, 0.25) is 0 Å². The lowest BCUT2D eigenvalue weighted by atomic mass is 10.2. The molecule has 0 aliphatic rings. The number of aliphatic hydroxyl groups is 1. The van der Waals surface area contributed by atoms with Crippen LogP contribution in [0.25, 0.3) is 0 Å². The Morgan fingerprint density at radius 1 is 1.19 bits per heavy atom. The van der Waals surface area contributed by atoms with Gasteiger partial charge in [-0.2, -0.15) is 11.8 Å². The van der Waals surface area contributed by atoms with Crippen LogP contribution in [0.5, 0.6) is 5.75 Å². The number of aliphatic hydroxyl groups excluding tert-OH is 1. The van der Waals surface area contributed by atoms with Crippen molar-refractivity contribution < 1.29 is 14.6 Å². The SMILES string of the molecule is COc1ccc(CSCCOCCO)cc1. The number of ether oxygens (including phenoxy) is 2. The van der Waals surface area contributed by atoms with Crippen molar-refractivity contribution in [2.45, 2.75) is 5.75 Å². The normalized spacial score (nSPS) is 10.4. The molecular formula is C12H18O3S. The summed E-state index contributed by atoms with van der Waals surface area (Å²) in [5.41, 5.74) is 1.29. The van der Waals surface area contributed by atoms with Gasteiger partial charge in [0.2, 0.25) is 0 Å². The molecule has 0 amide bonds. The average Bonchev–Trinajstić information content (AvgIpc) is 2.34. The minimum Gasteiger partial charge on any atom is -0.497 e. The molecule has 0 unspecified atom stereocenters. The smallest absolute Gasteiger partial charge is 0.118 e. The van der Waals surface area contributed by atoms with Gasteiger partial charge in [0, 0.05) is 11.5 Å². The monoisotopic (exact) mass is 242 g/mol. The fourth-order valence-corrected chi connectivity index (χ4v) is 2.00. The van der Waals surface area contributed by atoms with Gasteiger partial charge in [0.05, 0.1) is 26.9 Å². The Balaban J connectivity index is 2.12. The molecule has 0 aliphatic heterocycles. The third kappa shape index (κ3) is 5.39. The highest BCUT2D eigenvalue weighted by Gasteiger charge is 1.95. The van der Waals surface area contributed by atoms with Crippen molar-refractivity contribution in [2.24, 2.45) is 0 Å². The van der Waals surface area contributed by atoms with Crippen molar-refractivity contribution in [1.29, 1.82) is 0 Å². The van der Waals surface area contributed by atoms with Gasteiger partial charge in [-0.3, -0.25) is 0 Å². The Kier molecular flexibility index (Phi) is 7.05. The molecule has 1 aromatic carbocycles. The van der Waals surface area contributed by atoms with Crippen LogP contribution >= 0.6 is 11.8 Å². The highest BCUT2D eigenvalue weighted by molar-refractivity contribution is 7.98. The van der Waals surface area contributed by atoms with Crippen LogP contribution in [-0.4, -0.2) is 37.8 Å². The molecule has 1 N–H and O–H groups in total. The Labute approximate surface area is 101 Å². The number of hydrogen-bond acceptors (Lipinski definition) is 4. The van der Waals surface area contributed by atoms with Gasteiger partial charge in [-0.05, 0) is 17.7 Å². The summed E-state index contributed by atoms with van der Waals surface area (Å²) in [6.45, 7) is 1.23. The zero-order chi connectivity index (χ0) is 11.6. The van der Waals surface area contributed by atoms with Gasteiger partial charge in [-0.25, -0.2) is 0 Å². The lowest BCUT2D eigenvalue weighted by Gasteiger charge is -2.04. The third-order valence-electron chi connectivity index (χ3n) is 2.04. The van der Waals surface area contributed by atoms with Gasteiger partial charge in [0.1, 0.15) is 5.75 Å². The molecule has 0 saturated heterocycles. The van der Waals surface area contributed by atoms with E-state index in [2.05, 4.69) is 12.1 Å². The molecule has 1 rings (SSSR count). The standard InChI is InChI=1S/C12H18O3S/c1-14-12-4-2-11(3-5-12)10-16-9-8-15-7-6-13/h2-5,13H,6-10H2,1H3. The fourth-order valence-electron chi connectivity index (χ4n) is 1.20. The van der Waals surface area contributed by atoms with E-state index in [0.29, 0.717) is 13.2 Å². The molecule has 90 valence electrons. The Morgan fingerprint density at radius 2 is 1.94 bits per heavy atom. The van der Waals surface area contributed by atoms with Crippen LogP contribution in [0, 0.1) is 0 Å². The van der Waals surface area contributed by atoms with Gasteiger partial charge >= 0.3 is 0 Å². The van der Waals surface area contributed by atoms with Gasteiger partial charge in [-0.1, -0.05) is 12.1 Å². The van der Waals surface area contributed by atoms with Crippen molar-refractivity contribution in [1.82, 2.24) is 0 Å². The number of hydrogen-bond donors (Lipinski definition) is 1. The summed E-state index contributed by atoms with van der Waals surface area (Å²) in [7, 11) is 1.67. The van der Waals surface area contributed by atoms with E-state index in [0.717, 1.165) is 17.3 Å².